The highest BCUT2D eigenvalue weighted by atomic mass is 19.4. The number of rotatable bonds is 7. The van der Waals surface area contributed by atoms with E-state index < -0.39 is 6.36 Å². The maximum absolute atomic E-state index is 12.1. The van der Waals surface area contributed by atoms with Crippen LogP contribution in [0.4, 0.5) is 13.2 Å². The lowest BCUT2D eigenvalue weighted by Gasteiger charge is -2.10. The van der Waals surface area contributed by atoms with Gasteiger partial charge in [-0.25, -0.2) is 0 Å². The van der Waals surface area contributed by atoms with Gasteiger partial charge in [0.25, 0.3) is 0 Å². The number of benzene rings is 2. The van der Waals surface area contributed by atoms with Crippen molar-refractivity contribution in [1.82, 2.24) is 0 Å². The van der Waals surface area contributed by atoms with Crippen LogP contribution >= 0.6 is 0 Å². The predicted octanol–water partition coefficient (Wildman–Crippen LogP) is 5.19. The number of hydrogen-bond donors (Lipinski definition) is 1. The molecule has 1 N–H and O–H groups in total. The Morgan fingerprint density at radius 2 is 1.68 bits per heavy atom. The fourth-order valence-electron chi connectivity index (χ4n) is 2.30. The van der Waals surface area contributed by atoms with E-state index in [0.717, 1.165) is 23.9 Å². The van der Waals surface area contributed by atoms with Crippen molar-refractivity contribution >= 4 is 6.40 Å². The SMILES string of the molecule is CCc1cc(-c2ccc(OC(F)(F)F)cc2)ccc1C.COCCO/C=N/O. The van der Waals surface area contributed by atoms with Crippen LogP contribution in [0.15, 0.2) is 47.6 Å². The molecule has 0 aliphatic rings. The van der Waals surface area contributed by atoms with Crippen LogP contribution in [0.2, 0.25) is 0 Å². The van der Waals surface area contributed by atoms with Crippen LogP contribution < -0.4 is 4.74 Å². The van der Waals surface area contributed by atoms with E-state index in [1.165, 1.54) is 23.3 Å². The maximum Gasteiger partial charge on any atom is 0.573 e. The van der Waals surface area contributed by atoms with Crippen LogP contribution in [0.25, 0.3) is 11.1 Å². The Hall–Kier alpha value is -2.74. The molecular weight excluding hydrogens is 375 g/mol. The lowest BCUT2D eigenvalue weighted by atomic mass is 9.98. The smallest absolute Gasteiger partial charge is 0.478 e. The van der Waals surface area contributed by atoms with Crippen molar-refractivity contribution in [2.75, 3.05) is 20.3 Å². The number of hydrogen-bond acceptors (Lipinski definition) is 5. The first kappa shape index (κ1) is 23.3. The highest BCUT2D eigenvalue weighted by Gasteiger charge is 2.30. The summed E-state index contributed by atoms with van der Waals surface area (Å²) in [6.07, 6.45) is -2.77. The van der Waals surface area contributed by atoms with Crippen molar-refractivity contribution in [2.24, 2.45) is 5.16 Å². The molecule has 0 spiro atoms. The fraction of sp³-hybridized carbons (Fsp3) is 0.350. The summed E-state index contributed by atoms with van der Waals surface area (Å²) in [6, 6.07) is 12.0. The average molecular weight is 399 g/mol. The third-order valence-corrected chi connectivity index (χ3v) is 3.68. The van der Waals surface area contributed by atoms with Crippen LogP contribution in [0.5, 0.6) is 5.75 Å². The van der Waals surface area contributed by atoms with Crippen LogP contribution in [0, 0.1) is 6.92 Å². The number of alkyl halides is 3. The molecule has 0 unspecified atom stereocenters. The number of oxime groups is 1. The first-order valence-corrected chi connectivity index (χ1v) is 8.52. The van der Waals surface area contributed by atoms with Crippen molar-refractivity contribution < 1.29 is 32.6 Å². The quantitative estimate of drug-likeness (QED) is 0.229. The summed E-state index contributed by atoms with van der Waals surface area (Å²) in [5, 5.41) is 10.4. The van der Waals surface area contributed by atoms with Gasteiger partial charge in [0.05, 0.1) is 6.61 Å². The molecule has 0 atom stereocenters. The van der Waals surface area contributed by atoms with Gasteiger partial charge >= 0.3 is 6.36 Å². The van der Waals surface area contributed by atoms with Gasteiger partial charge in [-0.3, -0.25) is 0 Å². The third-order valence-electron chi connectivity index (χ3n) is 3.68. The second-order valence-electron chi connectivity index (χ2n) is 5.65. The minimum Gasteiger partial charge on any atom is -0.478 e. The van der Waals surface area contributed by atoms with Crippen LogP contribution in [-0.2, 0) is 15.9 Å². The molecule has 28 heavy (non-hydrogen) atoms. The van der Waals surface area contributed by atoms with Crippen molar-refractivity contribution in [3.8, 4) is 16.9 Å². The van der Waals surface area contributed by atoms with Gasteiger partial charge in [0.2, 0.25) is 6.40 Å². The van der Waals surface area contributed by atoms with Gasteiger partial charge in [-0.15, -0.1) is 13.2 Å². The summed E-state index contributed by atoms with van der Waals surface area (Å²) in [5.41, 5.74) is 4.31. The number of aryl methyl sites for hydroxylation is 2. The molecule has 2 aromatic rings. The molecule has 5 nitrogen and oxygen atoms in total. The Morgan fingerprint density at radius 1 is 1.04 bits per heavy atom. The van der Waals surface area contributed by atoms with Crippen LogP contribution in [-0.4, -0.2) is 38.3 Å². The molecule has 8 heteroatoms. The van der Waals surface area contributed by atoms with E-state index in [0.29, 0.717) is 13.2 Å². The molecule has 0 radical (unpaired) electrons. The largest absolute Gasteiger partial charge is 0.573 e. The van der Waals surface area contributed by atoms with Crippen molar-refractivity contribution in [3.05, 3.63) is 53.6 Å². The lowest BCUT2D eigenvalue weighted by molar-refractivity contribution is -0.274. The van der Waals surface area contributed by atoms with Crippen molar-refractivity contribution in [1.29, 1.82) is 0 Å². The number of nitrogens with zero attached hydrogens (tertiary/aromatic N) is 1. The standard InChI is InChI=1S/C16H15F3O.C4H9NO3/c1-3-12-10-14(5-4-11(12)2)13-6-8-15(9-7-13)20-16(17,18)19;1-7-2-3-8-4-5-6/h4-10H,3H2,1-2H3;4,6H,2-3H2,1H3/b;5-4+. The molecule has 0 fully saturated rings. The summed E-state index contributed by atoms with van der Waals surface area (Å²) in [6.45, 7) is 5.04. The Morgan fingerprint density at radius 3 is 2.21 bits per heavy atom. The minimum atomic E-state index is -4.65. The summed E-state index contributed by atoms with van der Waals surface area (Å²) in [7, 11) is 1.57. The van der Waals surface area contributed by atoms with E-state index in [-0.39, 0.29) is 5.75 Å². The molecule has 0 bridgehead atoms. The molecule has 154 valence electrons. The summed E-state index contributed by atoms with van der Waals surface area (Å²) in [5.74, 6) is -0.205. The van der Waals surface area contributed by atoms with E-state index in [9.17, 15) is 13.2 Å². The topological polar surface area (TPSA) is 60.3 Å². The zero-order valence-corrected chi connectivity index (χ0v) is 16.0. The maximum atomic E-state index is 12.1. The summed E-state index contributed by atoms with van der Waals surface area (Å²) in [4.78, 5) is 0. The zero-order chi connectivity index (χ0) is 21.0. The molecule has 2 aromatic carbocycles. The summed E-state index contributed by atoms with van der Waals surface area (Å²) >= 11 is 0. The molecule has 0 amide bonds. The Kier molecular flexibility index (Phi) is 9.87. The van der Waals surface area contributed by atoms with Gasteiger partial charge in [0.1, 0.15) is 12.4 Å². The highest BCUT2D eigenvalue weighted by molar-refractivity contribution is 5.65. The minimum absolute atomic E-state index is 0.205. The summed E-state index contributed by atoms with van der Waals surface area (Å²) < 4.78 is 49.3. The van der Waals surface area contributed by atoms with E-state index >= 15 is 0 Å². The zero-order valence-electron chi connectivity index (χ0n) is 16.0. The predicted molar refractivity (Wildman–Crippen MR) is 101 cm³/mol. The second-order valence-corrected chi connectivity index (χ2v) is 5.65. The van der Waals surface area contributed by atoms with Gasteiger partial charge in [0.15, 0.2) is 0 Å². The van der Waals surface area contributed by atoms with Gasteiger partial charge in [-0.1, -0.05) is 42.4 Å². The number of halogens is 3. The van der Waals surface area contributed by atoms with Crippen LogP contribution in [0.3, 0.4) is 0 Å². The van der Waals surface area contributed by atoms with E-state index in [1.807, 2.05) is 19.1 Å². The first-order chi connectivity index (χ1) is 13.3. The Balaban J connectivity index is 0.000000416. The van der Waals surface area contributed by atoms with E-state index in [1.54, 1.807) is 19.2 Å². The van der Waals surface area contributed by atoms with Gasteiger partial charge in [0, 0.05) is 7.11 Å². The van der Waals surface area contributed by atoms with Gasteiger partial charge in [-0.05, 0) is 47.7 Å². The fourth-order valence-corrected chi connectivity index (χ4v) is 2.30. The molecule has 0 heterocycles. The molecular formula is C20H24F3NO4. The normalized spacial score (nSPS) is 11.1. The van der Waals surface area contributed by atoms with Gasteiger partial charge in [-0.2, -0.15) is 0 Å². The molecule has 0 aromatic heterocycles. The van der Waals surface area contributed by atoms with Crippen molar-refractivity contribution in [3.63, 3.8) is 0 Å². The molecule has 0 saturated heterocycles. The van der Waals surface area contributed by atoms with Crippen LogP contribution in [0.1, 0.15) is 18.1 Å². The molecule has 0 aliphatic heterocycles. The number of ether oxygens (including phenoxy) is 3. The lowest BCUT2D eigenvalue weighted by Crippen LogP contribution is -2.16. The Labute approximate surface area is 162 Å². The molecule has 0 aliphatic carbocycles. The highest BCUT2D eigenvalue weighted by Crippen LogP contribution is 2.27. The number of methoxy groups -OCH3 is 1. The second kappa shape index (κ2) is 11.9. The molecule has 0 saturated carbocycles. The Bertz CT molecular complexity index is 731. The monoisotopic (exact) mass is 399 g/mol. The van der Waals surface area contributed by atoms with E-state index in [4.69, 9.17) is 5.21 Å². The first-order valence-electron chi connectivity index (χ1n) is 8.52. The van der Waals surface area contributed by atoms with Gasteiger partial charge < -0.3 is 19.4 Å². The van der Waals surface area contributed by atoms with E-state index in [2.05, 4.69) is 32.4 Å². The third kappa shape index (κ3) is 8.77. The van der Waals surface area contributed by atoms with Crippen molar-refractivity contribution in [2.45, 2.75) is 26.6 Å². The molecule has 2 rings (SSSR count). The average Bonchev–Trinajstić information content (AvgIpc) is 2.66.